The highest BCUT2D eigenvalue weighted by Crippen LogP contribution is 2.14. The molecule has 1 atom stereocenters. The summed E-state index contributed by atoms with van der Waals surface area (Å²) in [6.45, 7) is 1.45. The highest BCUT2D eigenvalue weighted by molar-refractivity contribution is 5.83. The van der Waals surface area contributed by atoms with Crippen LogP contribution in [0.15, 0.2) is 30.5 Å². The molecule has 1 amide bonds. The van der Waals surface area contributed by atoms with E-state index in [4.69, 9.17) is 4.74 Å². The van der Waals surface area contributed by atoms with E-state index in [2.05, 4.69) is 10.3 Å². The quantitative estimate of drug-likeness (QED) is 0.881. The molecule has 1 unspecified atom stereocenters. The minimum Gasteiger partial charge on any atom is -0.376 e. The number of carbonyl (C=O) groups excluding carboxylic acids is 1. The van der Waals surface area contributed by atoms with Crippen molar-refractivity contribution in [3.05, 3.63) is 36.0 Å². The molecule has 100 valence electrons. The third kappa shape index (κ3) is 2.96. The van der Waals surface area contributed by atoms with Gasteiger partial charge < -0.3 is 15.0 Å². The third-order valence-corrected chi connectivity index (χ3v) is 3.54. The van der Waals surface area contributed by atoms with E-state index < -0.39 is 0 Å². The molecule has 2 N–H and O–H groups in total. The van der Waals surface area contributed by atoms with Crippen LogP contribution in [0.25, 0.3) is 10.9 Å². The van der Waals surface area contributed by atoms with Gasteiger partial charge in [0.2, 0.25) is 5.91 Å². The van der Waals surface area contributed by atoms with Crippen LogP contribution in [-0.4, -0.2) is 30.1 Å². The van der Waals surface area contributed by atoms with Crippen molar-refractivity contribution in [1.29, 1.82) is 0 Å². The summed E-state index contributed by atoms with van der Waals surface area (Å²) in [5.41, 5.74) is 2.10. The Balaban J connectivity index is 1.55. The number of rotatable bonds is 4. The van der Waals surface area contributed by atoms with Crippen LogP contribution < -0.4 is 5.32 Å². The van der Waals surface area contributed by atoms with Crippen LogP contribution in [0.2, 0.25) is 0 Å². The molecule has 1 aliphatic heterocycles. The monoisotopic (exact) mass is 258 g/mol. The fraction of sp³-hybridized carbons (Fsp3) is 0.400. The zero-order valence-electron chi connectivity index (χ0n) is 10.8. The lowest BCUT2D eigenvalue weighted by Crippen LogP contribution is -2.32. The number of H-pyrrole nitrogens is 1. The summed E-state index contributed by atoms with van der Waals surface area (Å²) in [5.74, 6) is 0.0569. The normalized spacial score (nSPS) is 18.8. The van der Waals surface area contributed by atoms with Crippen molar-refractivity contribution >= 4 is 16.8 Å². The first-order valence-corrected chi connectivity index (χ1v) is 6.75. The van der Waals surface area contributed by atoms with Gasteiger partial charge in [-0.05, 0) is 35.9 Å². The molecule has 0 spiro atoms. The van der Waals surface area contributed by atoms with Gasteiger partial charge in [0.1, 0.15) is 0 Å². The number of ether oxygens (including phenoxy) is 1. The van der Waals surface area contributed by atoms with Crippen molar-refractivity contribution in [2.24, 2.45) is 0 Å². The van der Waals surface area contributed by atoms with Crippen molar-refractivity contribution in [2.45, 2.75) is 25.4 Å². The van der Waals surface area contributed by atoms with Gasteiger partial charge >= 0.3 is 0 Å². The van der Waals surface area contributed by atoms with Crippen LogP contribution in [-0.2, 0) is 16.0 Å². The number of hydrogen-bond acceptors (Lipinski definition) is 2. The average Bonchev–Trinajstić information content (AvgIpc) is 3.07. The van der Waals surface area contributed by atoms with E-state index in [9.17, 15) is 4.79 Å². The number of carbonyl (C=O) groups is 1. The highest BCUT2D eigenvalue weighted by atomic mass is 16.5. The molecule has 0 saturated carbocycles. The van der Waals surface area contributed by atoms with E-state index in [-0.39, 0.29) is 12.0 Å². The van der Waals surface area contributed by atoms with Crippen molar-refractivity contribution in [3.63, 3.8) is 0 Å². The molecule has 2 aromatic rings. The third-order valence-electron chi connectivity index (χ3n) is 3.54. The Morgan fingerprint density at radius 1 is 1.42 bits per heavy atom. The van der Waals surface area contributed by atoms with E-state index in [1.54, 1.807) is 0 Å². The van der Waals surface area contributed by atoms with Crippen molar-refractivity contribution in [3.8, 4) is 0 Å². The standard InChI is InChI=1S/C15H18N2O2/c18-15(17-10-13-2-1-7-19-13)9-11-3-4-12-5-6-16-14(12)8-11/h3-6,8,13,16H,1-2,7,9-10H2,(H,17,18). The Kier molecular flexibility index (Phi) is 3.51. The number of aromatic amines is 1. The molecule has 19 heavy (non-hydrogen) atoms. The minimum absolute atomic E-state index is 0.0569. The zero-order valence-corrected chi connectivity index (χ0v) is 10.8. The summed E-state index contributed by atoms with van der Waals surface area (Å²) in [6.07, 6.45) is 4.68. The summed E-state index contributed by atoms with van der Waals surface area (Å²) < 4.78 is 5.48. The van der Waals surface area contributed by atoms with E-state index in [0.29, 0.717) is 13.0 Å². The van der Waals surface area contributed by atoms with Gasteiger partial charge in [-0.2, -0.15) is 0 Å². The number of fused-ring (bicyclic) bond motifs is 1. The predicted molar refractivity (Wildman–Crippen MR) is 74.0 cm³/mol. The molecular formula is C15H18N2O2. The second-order valence-electron chi connectivity index (χ2n) is 5.02. The van der Waals surface area contributed by atoms with Gasteiger partial charge in [0.15, 0.2) is 0 Å². The van der Waals surface area contributed by atoms with Crippen LogP contribution in [0, 0.1) is 0 Å². The number of hydrogen-bond donors (Lipinski definition) is 2. The van der Waals surface area contributed by atoms with Crippen molar-refractivity contribution in [2.75, 3.05) is 13.2 Å². The highest BCUT2D eigenvalue weighted by Gasteiger charge is 2.16. The summed E-state index contributed by atoms with van der Waals surface area (Å²) in [7, 11) is 0. The molecule has 3 rings (SSSR count). The molecule has 1 aromatic carbocycles. The predicted octanol–water partition coefficient (Wildman–Crippen LogP) is 2.01. The zero-order chi connectivity index (χ0) is 13.1. The maximum atomic E-state index is 11.9. The van der Waals surface area contributed by atoms with Gasteiger partial charge in [0.05, 0.1) is 12.5 Å². The molecule has 4 heteroatoms. The van der Waals surface area contributed by atoms with Crippen molar-refractivity contribution < 1.29 is 9.53 Å². The Hall–Kier alpha value is -1.81. The Morgan fingerprint density at radius 2 is 2.37 bits per heavy atom. The molecule has 4 nitrogen and oxygen atoms in total. The molecule has 0 bridgehead atoms. The van der Waals surface area contributed by atoms with Gasteiger partial charge in [-0.15, -0.1) is 0 Å². The molecule has 0 radical (unpaired) electrons. The fourth-order valence-corrected chi connectivity index (χ4v) is 2.49. The maximum Gasteiger partial charge on any atom is 0.224 e. The first-order chi connectivity index (χ1) is 9.31. The first kappa shape index (κ1) is 12.2. The fourth-order valence-electron chi connectivity index (χ4n) is 2.49. The van der Waals surface area contributed by atoms with E-state index in [1.165, 1.54) is 5.39 Å². The van der Waals surface area contributed by atoms with Gasteiger partial charge in [-0.25, -0.2) is 0 Å². The summed E-state index contributed by atoms with van der Waals surface area (Å²) in [4.78, 5) is 15.0. The van der Waals surface area contributed by atoms with Crippen LogP contribution in [0.5, 0.6) is 0 Å². The van der Waals surface area contributed by atoms with E-state index in [1.807, 2.05) is 30.5 Å². The Morgan fingerprint density at radius 3 is 3.21 bits per heavy atom. The lowest BCUT2D eigenvalue weighted by atomic mass is 10.1. The topological polar surface area (TPSA) is 54.1 Å². The number of nitrogens with one attached hydrogen (secondary N) is 2. The SMILES string of the molecule is O=C(Cc1ccc2cc[nH]c2c1)NCC1CCCO1. The molecule has 1 aromatic heterocycles. The molecule has 0 aliphatic carbocycles. The van der Waals surface area contributed by atoms with E-state index in [0.717, 1.165) is 30.5 Å². The summed E-state index contributed by atoms with van der Waals surface area (Å²) >= 11 is 0. The van der Waals surface area contributed by atoms with Crippen LogP contribution in [0.1, 0.15) is 18.4 Å². The lowest BCUT2D eigenvalue weighted by Gasteiger charge is -2.10. The number of amides is 1. The van der Waals surface area contributed by atoms with E-state index >= 15 is 0 Å². The second kappa shape index (κ2) is 5.45. The maximum absolute atomic E-state index is 11.9. The summed E-state index contributed by atoms with van der Waals surface area (Å²) in [6, 6.07) is 8.09. The van der Waals surface area contributed by atoms with Gasteiger partial charge in [0, 0.05) is 24.9 Å². The minimum atomic E-state index is 0.0569. The molecule has 1 aliphatic rings. The van der Waals surface area contributed by atoms with Crippen LogP contribution in [0.3, 0.4) is 0 Å². The van der Waals surface area contributed by atoms with Gasteiger partial charge in [-0.3, -0.25) is 4.79 Å². The van der Waals surface area contributed by atoms with Crippen LogP contribution in [0.4, 0.5) is 0 Å². The molecule has 1 fully saturated rings. The molecule has 2 heterocycles. The van der Waals surface area contributed by atoms with Gasteiger partial charge in [-0.1, -0.05) is 12.1 Å². The lowest BCUT2D eigenvalue weighted by molar-refractivity contribution is -0.120. The Bertz CT molecular complexity index is 570. The largest absolute Gasteiger partial charge is 0.376 e. The smallest absolute Gasteiger partial charge is 0.224 e. The molecular weight excluding hydrogens is 240 g/mol. The van der Waals surface area contributed by atoms with Crippen LogP contribution >= 0.6 is 0 Å². The summed E-state index contributed by atoms with van der Waals surface area (Å²) in [5, 5.41) is 4.11. The number of aromatic nitrogens is 1. The van der Waals surface area contributed by atoms with Crippen molar-refractivity contribution in [1.82, 2.24) is 10.3 Å². The average molecular weight is 258 g/mol. The molecule has 1 saturated heterocycles. The Labute approximate surface area is 112 Å². The second-order valence-corrected chi connectivity index (χ2v) is 5.02. The first-order valence-electron chi connectivity index (χ1n) is 6.75. The number of benzene rings is 1. The van der Waals surface area contributed by atoms with Gasteiger partial charge in [0.25, 0.3) is 0 Å².